The Balaban J connectivity index is 4.02. The van der Waals surface area contributed by atoms with Crippen LogP contribution in [-0.4, -0.2) is 49.4 Å². The number of amides is 1. The van der Waals surface area contributed by atoms with Gasteiger partial charge in [0.1, 0.15) is 14.4 Å². The van der Waals surface area contributed by atoms with Gasteiger partial charge >= 0.3 is 5.97 Å². The first kappa shape index (κ1) is 11.0. The summed E-state index contributed by atoms with van der Waals surface area (Å²) >= 11 is 0. The number of hydrogen-bond acceptors (Lipinski definition) is 3. The van der Waals surface area contributed by atoms with Gasteiger partial charge in [0, 0.05) is 13.1 Å². The zero-order valence-corrected chi connectivity index (χ0v) is 7.12. The predicted octanol–water partition coefficient (Wildman–Crippen LogP) is -2.09. The number of hydrogen-bond donors (Lipinski definition) is 2. The van der Waals surface area contributed by atoms with Crippen molar-refractivity contribution in [2.75, 3.05) is 19.6 Å². The van der Waals surface area contributed by atoms with Gasteiger partial charge in [-0.15, -0.1) is 0 Å². The highest BCUT2D eigenvalue weighted by Gasteiger charge is 2.13. The maximum Gasteiger partial charge on any atom is 0.323 e. The molecule has 0 aromatic carbocycles. The van der Waals surface area contributed by atoms with Crippen LogP contribution in [0.5, 0.6) is 0 Å². The van der Waals surface area contributed by atoms with Gasteiger partial charge in [-0.3, -0.25) is 9.59 Å². The van der Waals surface area contributed by atoms with Crippen molar-refractivity contribution in [1.82, 2.24) is 4.90 Å². The summed E-state index contributed by atoms with van der Waals surface area (Å²) in [5.74, 6) is -1.19. The summed E-state index contributed by atoms with van der Waals surface area (Å²) in [5.41, 5.74) is 5.21. The molecule has 0 aromatic rings. The van der Waals surface area contributed by atoms with Crippen molar-refractivity contribution in [1.29, 1.82) is 0 Å². The van der Waals surface area contributed by atoms with Crippen LogP contribution in [0.15, 0.2) is 0 Å². The van der Waals surface area contributed by atoms with E-state index in [9.17, 15) is 9.59 Å². The molecule has 6 heteroatoms. The number of aliphatic carboxylic acids is 1. The van der Waals surface area contributed by atoms with E-state index in [1.54, 1.807) is 7.85 Å². The molecular formula is C6H13BN2O3. The lowest BCUT2D eigenvalue weighted by Crippen LogP contribution is -2.38. The van der Waals surface area contributed by atoms with Gasteiger partial charge in [0.2, 0.25) is 5.91 Å². The monoisotopic (exact) mass is 172 g/mol. The Morgan fingerprint density at radius 2 is 2.08 bits per heavy atom. The van der Waals surface area contributed by atoms with E-state index in [0.29, 0.717) is 19.4 Å². The second-order valence-corrected chi connectivity index (χ2v) is 2.35. The lowest BCUT2D eigenvalue weighted by molar-refractivity contribution is -0.143. The highest BCUT2D eigenvalue weighted by Crippen LogP contribution is 1.91. The zero-order chi connectivity index (χ0) is 9.56. The van der Waals surface area contributed by atoms with Crippen LogP contribution in [0, 0.1) is 0 Å². The molecule has 0 aliphatic rings. The third-order valence-corrected chi connectivity index (χ3v) is 1.38. The van der Waals surface area contributed by atoms with Gasteiger partial charge < -0.3 is 15.7 Å². The lowest BCUT2D eigenvalue weighted by Gasteiger charge is -2.18. The highest BCUT2D eigenvalue weighted by atomic mass is 16.4. The van der Waals surface area contributed by atoms with Crippen molar-refractivity contribution in [3.05, 3.63) is 0 Å². The van der Waals surface area contributed by atoms with Crippen molar-refractivity contribution in [2.24, 2.45) is 5.73 Å². The van der Waals surface area contributed by atoms with Gasteiger partial charge in [-0.25, -0.2) is 0 Å². The van der Waals surface area contributed by atoms with Crippen molar-refractivity contribution >= 4 is 19.7 Å². The summed E-state index contributed by atoms with van der Waals surface area (Å²) in [7, 11) is 1.69. The highest BCUT2D eigenvalue weighted by molar-refractivity contribution is 6.19. The van der Waals surface area contributed by atoms with Crippen LogP contribution in [-0.2, 0) is 9.59 Å². The van der Waals surface area contributed by atoms with Crippen molar-refractivity contribution < 1.29 is 14.7 Å². The van der Waals surface area contributed by atoms with Crippen LogP contribution >= 0.6 is 0 Å². The maximum atomic E-state index is 11.0. The molecule has 12 heavy (non-hydrogen) atoms. The number of carboxylic acid groups (broad SMARTS) is 1. The number of carbonyl (C=O) groups excluding carboxylic acids is 1. The molecule has 0 heterocycles. The molecule has 0 fully saturated rings. The van der Waals surface area contributed by atoms with E-state index in [2.05, 4.69) is 0 Å². The van der Waals surface area contributed by atoms with Crippen LogP contribution in [0.2, 0.25) is 6.32 Å². The summed E-state index contributed by atoms with van der Waals surface area (Å²) in [6.07, 6.45) is 0.313. The van der Waals surface area contributed by atoms with Crippen molar-refractivity contribution in [3.63, 3.8) is 0 Å². The van der Waals surface area contributed by atoms with Crippen LogP contribution < -0.4 is 5.73 Å². The van der Waals surface area contributed by atoms with Crippen LogP contribution in [0.25, 0.3) is 0 Å². The molecule has 5 nitrogen and oxygen atoms in total. The number of rotatable bonds is 5. The molecule has 0 atom stereocenters. The average Bonchev–Trinajstić information content (AvgIpc) is 2.01. The Morgan fingerprint density at radius 1 is 1.50 bits per heavy atom. The second kappa shape index (κ2) is 5.59. The van der Waals surface area contributed by atoms with E-state index < -0.39 is 5.97 Å². The van der Waals surface area contributed by atoms with E-state index in [-0.39, 0.29) is 12.5 Å². The van der Waals surface area contributed by atoms with Crippen molar-refractivity contribution in [2.45, 2.75) is 6.32 Å². The minimum atomic E-state index is -1.01. The average molecular weight is 172 g/mol. The van der Waals surface area contributed by atoms with E-state index in [1.807, 2.05) is 0 Å². The Labute approximate surface area is 71.9 Å². The van der Waals surface area contributed by atoms with Gasteiger partial charge in [0.15, 0.2) is 0 Å². The van der Waals surface area contributed by atoms with Gasteiger partial charge in [-0.1, -0.05) is 0 Å². The van der Waals surface area contributed by atoms with E-state index in [0.717, 1.165) is 0 Å². The lowest BCUT2D eigenvalue weighted by atomic mass is 10.0. The number of carbonyl (C=O) groups is 2. The third kappa shape index (κ3) is 3.97. The molecular weight excluding hydrogens is 159 g/mol. The van der Waals surface area contributed by atoms with Gasteiger partial charge in [0.05, 0.1) is 0 Å². The first-order valence-corrected chi connectivity index (χ1v) is 3.81. The second-order valence-electron chi connectivity index (χ2n) is 2.35. The smallest absolute Gasteiger partial charge is 0.323 e. The normalized spacial score (nSPS) is 9.42. The fourth-order valence-electron chi connectivity index (χ4n) is 0.835. The van der Waals surface area contributed by atoms with Gasteiger partial charge in [-0.05, 0) is 6.32 Å². The van der Waals surface area contributed by atoms with Crippen LogP contribution in [0.3, 0.4) is 0 Å². The summed E-state index contributed by atoms with van der Waals surface area (Å²) in [4.78, 5) is 22.6. The largest absolute Gasteiger partial charge is 0.480 e. The summed E-state index contributed by atoms with van der Waals surface area (Å²) in [5, 5.41) is 8.42. The first-order valence-electron chi connectivity index (χ1n) is 3.81. The maximum absolute atomic E-state index is 11.0. The molecule has 0 aliphatic heterocycles. The topological polar surface area (TPSA) is 83.6 Å². The fourth-order valence-corrected chi connectivity index (χ4v) is 0.835. The Hall–Kier alpha value is -1.04. The molecule has 68 valence electrons. The zero-order valence-electron chi connectivity index (χ0n) is 7.12. The number of carboxylic acids is 1. The van der Waals surface area contributed by atoms with Gasteiger partial charge in [-0.2, -0.15) is 0 Å². The predicted molar refractivity (Wildman–Crippen MR) is 46.6 cm³/mol. The number of nitrogens with two attached hydrogens (primary N) is 1. The quantitative estimate of drug-likeness (QED) is 0.465. The summed E-state index contributed by atoms with van der Waals surface area (Å²) in [6, 6.07) is 0. The molecule has 0 rings (SSSR count). The minimum absolute atomic E-state index is 0.178. The number of nitrogens with zero attached hydrogens (tertiary/aromatic N) is 1. The molecule has 0 spiro atoms. The molecule has 0 bridgehead atoms. The SMILES string of the molecule is BCC(=O)N(CCN)CC(=O)O. The summed E-state index contributed by atoms with van der Waals surface area (Å²) in [6.45, 7) is 0.335. The van der Waals surface area contributed by atoms with E-state index >= 15 is 0 Å². The molecule has 1 amide bonds. The Kier molecular flexibility index (Phi) is 5.11. The van der Waals surface area contributed by atoms with Crippen LogP contribution in [0.1, 0.15) is 0 Å². The standard InChI is InChI=1S/C6H13BN2O3/c7-3-5(10)9(2-1-8)4-6(11)12/h1-4,7-8H2,(H,11,12). The van der Waals surface area contributed by atoms with Gasteiger partial charge in [0.25, 0.3) is 0 Å². The van der Waals surface area contributed by atoms with E-state index in [1.165, 1.54) is 4.90 Å². The molecule has 0 radical (unpaired) electrons. The molecule has 3 N–H and O–H groups in total. The molecule has 0 unspecified atom stereocenters. The molecule has 0 aromatic heterocycles. The molecule has 0 saturated heterocycles. The van der Waals surface area contributed by atoms with Crippen molar-refractivity contribution in [3.8, 4) is 0 Å². The third-order valence-electron chi connectivity index (χ3n) is 1.38. The Bertz CT molecular complexity index is 174. The fraction of sp³-hybridized carbons (Fsp3) is 0.667. The minimum Gasteiger partial charge on any atom is -0.480 e. The van der Waals surface area contributed by atoms with Crippen LogP contribution in [0.4, 0.5) is 0 Å². The molecule has 0 saturated carbocycles. The van der Waals surface area contributed by atoms with E-state index in [4.69, 9.17) is 10.8 Å². The summed E-state index contributed by atoms with van der Waals surface area (Å²) < 4.78 is 0. The Morgan fingerprint density at radius 3 is 2.42 bits per heavy atom. The first-order chi connectivity index (χ1) is 5.61. The molecule has 0 aliphatic carbocycles.